The van der Waals surface area contributed by atoms with Crippen LogP contribution in [0.5, 0.6) is 5.75 Å². The minimum atomic E-state index is -0.907. The van der Waals surface area contributed by atoms with Gasteiger partial charge in [-0.3, -0.25) is 4.79 Å². The van der Waals surface area contributed by atoms with Crippen LogP contribution in [0.4, 0.5) is 0 Å². The van der Waals surface area contributed by atoms with Gasteiger partial charge in [0.1, 0.15) is 17.9 Å². The van der Waals surface area contributed by atoms with Crippen molar-refractivity contribution >= 4 is 17.5 Å². The van der Waals surface area contributed by atoms with E-state index in [1.807, 2.05) is 0 Å². The Labute approximate surface area is 107 Å². The van der Waals surface area contributed by atoms with E-state index in [2.05, 4.69) is 4.84 Å². The lowest BCUT2D eigenvalue weighted by Gasteiger charge is -2.28. The maximum Gasteiger partial charge on any atom is 0.294 e. The van der Waals surface area contributed by atoms with Crippen molar-refractivity contribution in [3.63, 3.8) is 0 Å². The zero-order chi connectivity index (χ0) is 13.1. The van der Waals surface area contributed by atoms with Gasteiger partial charge in [0.15, 0.2) is 6.73 Å². The van der Waals surface area contributed by atoms with Gasteiger partial charge in [-0.2, -0.15) is 0 Å². The normalized spacial score (nSPS) is 13.8. The summed E-state index contributed by atoms with van der Waals surface area (Å²) in [5.41, 5.74) is 0.270. The highest BCUT2D eigenvalue weighted by atomic mass is 35.5. The first-order valence-corrected chi connectivity index (χ1v) is 5.45. The maximum absolute atomic E-state index is 12.0. The Balaban J connectivity index is 2.08. The number of carbonyl (C=O) groups excluding carboxylic acids is 1. The van der Waals surface area contributed by atoms with E-state index in [1.165, 1.54) is 4.90 Å². The molecule has 0 aliphatic carbocycles. The van der Waals surface area contributed by atoms with Gasteiger partial charge in [0, 0.05) is 6.54 Å². The molecule has 1 amide bonds. The van der Waals surface area contributed by atoms with Crippen LogP contribution in [-0.4, -0.2) is 35.8 Å². The van der Waals surface area contributed by atoms with Gasteiger partial charge < -0.3 is 14.5 Å². The van der Waals surface area contributed by atoms with E-state index >= 15 is 0 Å². The van der Waals surface area contributed by atoms with Crippen molar-refractivity contribution in [2.24, 2.45) is 0 Å². The van der Waals surface area contributed by atoms with Crippen LogP contribution in [0.1, 0.15) is 10.4 Å². The molecule has 8 heteroatoms. The summed E-state index contributed by atoms with van der Waals surface area (Å²) in [6.07, 6.45) is 0. The smallest absolute Gasteiger partial charge is 0.294 e. The molecule has 1 aliphatic heterocycles. The van der Waals surface area contributed by atoms with Crippen LogP contribution in [0.2, 0.25) is 5.02 Å². The summed E-state index contributed by atoms with van der Waals surface area (Å²) in [5, 5.41) is 9.39. The van der Waals surface area contributed by atoms with Gasteiger partial charge in [0.25, 0.3) is 11.0 Å². The van der Waals surface area contributed by atoms with Crippen molar-refractivity contribution in [2.45, 2.75) is 0 Å². The molecule has 2 rings (SSSR count). The van der Waals surface area contributed by atoms with Crippen LogP contribution in [0, 0.1) is 10.1 Å². The predicted molar refractivity (Wildman–Crippen MR) is 60.9 cm³/mol. The molecular weight excluding hydrogens is 264 g/mol. The zero-order valence-electron chi connectivity index (χ0n) is 9.17. The molecule has 0 spiro atoms. The van der Waals surface area contributed by atoms with Crippen LogP contribution in [0.25, 0.3) is 0 Å². The summed E-state index contributed by atoms with van der Waals surface area (Å²) < 4.78 is 5.34. The van der Waals surface area contributed by atoms with Gasteiger partial charge in [0.05, 0.1) is 5.02 Å². The van der Waals surface area contributed by atoms with E-state index < -0.39 is 5.09 Å². The van der Waals surface area contributed by atoms with E-state index in [4.69, 9.17) is 16.3 Å². The second kappa shape index (κ2) is 5.09. The highest BCUT2D eigenvalue weighted by Gasteiger charge is 2.27. The van der Waals surface area contributed by atoms with Gasteiger partial charge in [-0.25, -0.2) is 0 Å². The van der Waals surface area contributed by atoms with Crippen LogP contribution in [0.15, 0.2) is 18.2 Å². The van der Waals surface area contributed by atoms with E-state index in [1.54, 1.807) is 18.2 Å². The lowest BCUT2D eigenvalue weighted by atomic mass is 10.1. The lowest BCUT2D eigenvalue weighted by Crippen LogP contribution is -2.41. The number of carbonyl (C=O) groups is 1. The number of ether oxygens (including phenoxy) is 1. The maximum atomic E-state index is 12.0. The molecule has 0 N–H and O–H groups in total. The molecule has 0 fully saturated rings. The third-order valence-electron chi connectivity index (χ3n) is 2.41. The molecule has 0 atom stereocenters. The highest BCUT2D eigenvalue weighted by Crippen LogP contribution is 2.30. The van der Waals surface area contributed by atoms with Gasteiger partial charge >= 0.3 is 0 Å². The Morgan fingerprint density at radius 1 is 1.56 bits per heavy atom. The van der Waals surface area contributed by atoms with E-state index in [0.717, 1.165) is 0 Å². The first-order valence-electron chi connectivity index (χ1n) is 5.07. The summed E-state index contributed by atoms with van der Waals surface area (Å²) in [4.78, 5) is 27.5. The fourth-order valence-electron chi connectivity index (χ4n) is 1.59. The lowest BCUT2D eigenvalue weighted by molar-refractivity contribution is -0.757. The third kappa shape index (κ3) is 2.45. The number of rotatable bonds is 4. The predicted octanol–water partition coefficient (Wildman–Crippen LogP) is 1.34. The molecule has 0 aromatic heterocycles. The standard InChI is InChI=1S/C10H9ClN2O5/c11-7-2-1-3-8-9(7)10(14)12(6-17-8)4-5-18-13(15)16/h1-3H,4-6H2. The highest BCUT2D eigenvalue weighted by molar-refractivity contribution is 6.34. The summed E-state index contributed by atoms with van der Waals surface area (Å²) in [6.45, 7) is -0.125. The summed E-state index contributed by atoms with van der Waals surface area (Å²) in [5.74, 6) is 0.0905. The monoisotopic (exact) mass is 272 g/mol. The molecule has 18 heavy (non-hydrogen) atoms. The minimum absolute atomic E-state index is 0.0211. The molecule has 7 nitrogen and oxygen atoms in total. The molecular formula is C10H9ClN2O5. The van der Waals surface area contributed by atoms with Gasteiger partial charge in [-0.1, -0.05) is 17.7 Å². The van der Waals surface area contributed by atoms with Gasteiger partial charge in [-0.05, 0) is 12.1 Å². The van der Waals surface area contributed by atoms with Crippen molar-refractivity contribution in [1.82, 2.24) is 4.90 Å². The van der Waals surface area contributed by atoms with Crippen LogP contribution >= 0.6 is 11.6 Å². The Hall–Kier alpha value is -2.02. The van der Waals surface area contributed by atoms with Crippen molar-refractivity contribution in [3.8, 4) is 5.75 Å². The molecule has 0 radical (unpaired) electrons. The van der Waals surface area contributed by atoms with Crippen LogP contribution in [-0.2, 0) is 4.84 Å². The Bertz CT molecular complexity index is 493. The number of halogens is 1. The number of amides is 1. The third-order valence-corrected chi connectivity index (χ3v) is 2.73. The number of nitrogens with zero attached hydrogens (tertiary/aromatic N) is 2. The SMILES string of the molecule is O=C1c2c(Cl)cccc2OCN1CCO[N+](=O)[O-]. The number of hydrogen-bond acceptors (Lipinski definition) is 5. The molecule has 1 aromatic rings. The number of fused-ring (bicyclic) bond motifs is 1. The second-order valence-electron chi connectivity index (χ2n) is 3.51. The molecule has 96 valence electrons. The zero-order valence-corrected chi connectivity index (χ0v) is 9.92. The molecule has 0 saturated heterocycles. The average Bonchev–Trinajstić information content (AvgIpc) is 2.32. The van der Waals surface area contributed by atoms with Crippen molar-refractivity contribution in [1.29, 1.82) is 0 Å². The van der Waals surface area contributed by atoms with E-state index in [0.29, 0.717) is 5.75 Å². The molecule has 1 aliphatic rings. The Morgan fingerprint density at radius 2 is 2.33 bits per heavy atom. The van der Waals surface area contributed by atoms with Crippen molar-refractivity contribution in [2.75, 3.05) is 19.9 Å². The molecule has 0 bridgehead atoms. The van der Waals surface area contributed by atoms with Crippen LogP contribution in [0.3, 0.4) is 0 Å². The van der Waals surface area contributed by atoms with Crippen molar-refractivity contribution in [3.05, 3.63) is 38.9 Å². The quantitative estimate of drug-likeness (QED) is 0.610. The molecule has 1 heterocycles. The largest absolute Gasteiger partial charge is 0.472 e. The summed E-state index contributed by atoms with van der Waals surface area (Å²) in [7, 11) is 0. The fraction of sp³-hybridized carbons (Fsp3) is 0.300. The average molecular weight is 273 g/mol. The number of hydrogen-bond donors (Lipinski definition) is 0. The van der Waals surface area contributed by atoms with E-state index in [9.17, 15) is 14.9 Å². The van der Waals surface area contributed by atoms with Gasteiger partial charge in [-0.15, -0.1) is 10.1 Å². The number of benzene rings is 1. The molecule has 0 unspecified atom stereocenters. The van der Waals surface area contributed by atoms with Gasteiger partial charge in [0.2, 0.25) is 0 Å². The van der Waals surface area contributed by atoms with E-state index in [-0.39, 0.29) is 36.4 Å². The first-order chi connectivity index (χ1) is 8.59. The Morgan fingerprint density at radius 3 is 3.06 bits per heavy atom. The molecule has 1 aromatic carbocycles. The summed E-state index contributed by atoms with van der Waals surface area (Å²) >= 11 is 5.92. The first kappa shape index (κ1) is 12.4. The second-order valence-corrected chi connectivity index (χ2v) is 3.92. The minimum Gasteiger partial charge on any atom is -0.472 e. The topological polar surface area (TPSA) is 81.9 Å². The molecule has 0 saturated carbocycles. The fourth-order valence-corrected chi connectivity index (χ4v) is 1.83. The van der Waals surface area contributed by atoms with Crippen molar-refractivity contribution < 1.29 is 19.5 Å². The Kier molecular flexibility index (Phi) is 3.52. The van der Waals surface area contributed by atoms with Crippen LogP contribution < -0.4 is 4.74 Å². The summed E-state index contributed by atoms with van der Waals surface area (Å²) in [6, 6.07) is 4.91.